The van der Waals surface area contributed by atoms with Gasteiger partial charge in [0.2, 0.25) is 0 Å². The Morgan fingerprint density at radius 1 is 1.14 bits per heavy atom. The van der Waals surface area contributed by atoms with E-state index in [0.29, 0.717) is 5.54 Å². The minimum atomic E-state index is 0.469. The predicted octanol–water partition coefficient (Wildman–Crippen LogP) is 1.74. The van der Waals surface area contributed by atoms with E-state index in [0.717, 1.165) is 18.5 Å². The van der Waals surface area contributed by atoms with E-state index in [1.165, 1.54) is 51.5 Å². The van der Waals surface area contributed by atoms with E-state index in [1.807, 2.05) is 0 Å². The Kier molecular flexibility index (Phi) is 2.10. The van der Waals surface area contributed by atoms with E-state index in [2.05, 4.69) is 4.90 Å². The van der Waals surface area contributed by atoms with E-state index < -0.39 is 0 Å². The summed E-state index contributed by atoms with van der Waals surface area (Å²) in [6.07, 6.45) is 10.1. The third-order valence-corrected chi connectivity index (χ3v) is 4.83. The Hall–Kier alpha value is -0.0800. The van der Waals surface area contributed by atoms with Gasteiger partial charge in [-0.3, -0.25) is 4.90 Å². The third kappa shape index (κ3) is 1.24. The summed E-state index contributed by atoms with van der Waals surface area (Å²) in [4.78, 5) is 2.79. The molecule has 0 spiro atoms. The topological polar surface area (TPSA) is 29.3 Å². The number of rotatable bonds is 2. The predicted molar refractivity (Wildman–Crippen MR) is 58.1 cm³/mol. The van der Waals surface area contributed by atoms with Crippen molar-refractivity contribution >= 4 is 0 Å². The molecule has 0 amide bonds. The average Bonchev–Trinajstić information content (AvgIpc) is 2.91. The molecular weight excluding hydrogens is 172 g/mol. The van der Waals surface area contributed by atoms with Crippen LogP contribution >= 0.6 is 0 Å². The fourth-order valence-corrected chi connectivity index (χ4v) is 3.75. The van der Waals surface area contributed by atoms with Gasteiger partial charge in [0, 0.05) is 18.1 Å². The SMILES string of the molecule is NCC1(N2CCC3CCCCC32)CC1. The number of fused-ring (bicyclic) bond motifs is 1. The van der Waals surface area contributed by atoms with E-state index >= 15 is 0 Å². The number of hydrogen-bond donors (Lipinski definition) is 1. The van der Waals surface area contributed by atoms with Gasteiger partial charge in [0.15, 0.2) is 0 Å². The van der Waals surface area contributed by atoms with Crippen molar-refractivity contribution in [2.75, 3.05) is 13.1 Å². The summed E-state index contributed by atoms with van der Waals surface area (Å²) in [6.45, 7) is 2.24. The zero-order valence-electron chi connectivity index (χ0n) is 9.04. The molecule has 2 aliphatic carbocycles. The number of nitrogens with zero attached hydrogens (tertiary/aromatic N) is 1. The molecule has 0 bridgehead atoms. The molecule has 80 valence electrons. The van der Waals surface area contributed by atoms with Gasteiger partial charge in [-0.1, -0.05) is 12.8 Å². The lowest BCUT2D eigenvalue weighted by Gasteiger charge is -2.37. The Morgan fingerprint density at radius 2 is 1.93 bits per heavy atom. The molecule has 0 aromatic carbocycles. The first kappa shape index (κ1) is 9.17. The van der Waals surface area contributed by atoms with E-state index in [4.69, 9.17) is 5.73 Å². The molecule has 1 saturated heterocycles. The van der Waals surface area contributed by atoms with Crippen molar-refractivity contribution in [3.63, 3.8) is 0 Å². The standard InChI is InChI=1S/C12H22N2/c13-9-12(6-7-12)14-8-5-10-3-1-2-4-11(10)14/h10-11H,1-9,13H2. The van der Waals surface area contributed by atoms with Crippen LogP contribution in [0.3, 0.4) is 0 Å². The van der Waals surface area contributed by atoms with E-state index in [1.54, 1.807) is 0 Å². The van der Waals surface area contributed by atoms with Gasteiger partial charge >= 0.3 is 0 Å². The van der Waals surface area contributed by atoms with Crippen LogP contribution in [0.4, 0.5) is 0 Å². The van der Waals surface area contributed by atoms with E-state index in [-0.39, 0.29) is 0 Å². The first-order chi connectivity index (χ1) is 6.86. The lowest BCUT2D eigenvalue weighted by Crippen LogP contribution is -2.47. The fraction of sp³-hybridized carbons (Fsp3) is 1.00. The molecule has 2 heteroatoms. The van der Waals surface area contributed by atoms with Crippen molar-refractivity contribution in [3.05, 3.63) is 0 Å². The van der Waals surface area contributed by atoms with Gasteiger partial charge in [0.05, 0.1) is 0 Å². The van der Waals surface area contributed by atoms with E-state index in [9.17, 15) is 0 Å². The summed E-state index contributed by atoms with van der Waals surface area (Å²) in [5.74, 6) is 1.02. The van der Waals surface area contributed by atoms with Crippen molar-refractivity contribution < 1.29 is 0 Å². The summed E-state index contributed by atoms with van der Waals surface area (Å²) in [6, 6.07) is 0.912. The number of hydrogen-bond acceptors (Lipinski definition) is 2. The van der Waals surface area contributed by atoms with Crippen LogP contribution in [0.2, 0.25) is 0 Å². The Morgan fingerprint density at radius 3 is 2.64 bits per heavy atom. The van der Waals surface area contributed by atoms with Gasteiger partial charge in [-0.15, -0.1) is 0 Å². The molecule has 1 aliphatic heterocycles. The second-order valence-corrected chi connectivity index (χ2v) is 5.52. The maximum absolute atomic E-state index is 5.93. The summed E-state index contributed by atoms with van der Waals surface area (Å²) in [5, 5.41) is 0. The number of likely N-dealkylation sites (tertiary alicyclic amines) is 1. The molecule has 0 aromatic heterocycles. The second kappa shape index (κ2) is 3.21. The smallest absolute Gasteiger partial charge is 0.0336 e. The van der Waals surface area contributed by atoms with Crippen LogP contribution in [0.15, 0.2) is 0 Å². The lowest BCUT2D eigenvalue weighted by molar-refractivity contribution is 0.121. The van der Waals surface area contributed by atoms with Crippen LogP contribution < -0.4 is 5.73 Å². The molecule has 2 nitrogen and oxygen atoms in total. The molecule has 2 N–H and O–H groups in total. The normalized spacial score (nSPS) is 40.9. The molecule has 2 unspecified atom stereocenters. The number of nitrogens with two attached hydrogens (primary N) is 1. The van der Waals surface area contributed by atoms with Gasteiger partial charge in [-0.05, 0) is 44.6 Å². The molecule has 0 aromatic rings. The highest BCUT2D eigenvalue weighted by Crippen LogP contribution is 2.48. The maximum atomic E-state index is 5.93. The second-order valence-electron chi connectivity index (χ2n) is 5.52. The van der Waals surface area contributed by atoms with Crippen LogP contribution in [0.25, 0.3) is 0 Å². The van der Waals surface area contributed by atoms with Crippen LogP contribution in [0, 0.1) is 5.92 Å². The van der Waals surface area contributed by atoms with Gasteiger partial charge in [-0.25, -0.2) is 0 Å². The molecular formula is C12H22N2. The van der Waals surface area contributed by atoms with Crippen molar-refractivity contribution in [1.29, 1.82) is 0 Å². The highest BCUT2D eigenvalue weighted by Gasteiger charge is 2.52. The molecule has 3 rings (SSSR count). The molecule has 2 atom stereocenters. The zero-order valence-corrected chi connectivity index (χ0v) is 9.04. The molecule has 1 heterocycles. The highest BCUT2D eigenvalue weighted by atomic mass is 15.3. The summed E-state index contributed by atoms with van der Waals surface area (Å²) in [7, 11) is 0. The third-order valence-electron chi connectivity index (χ3n) is 4.83. The van der Waals surface area contributed by atoms with Crippen molar-refractivity contribution in [1.82, 2.24) is 4.90 Å². The quantitative estimate of drug-likeness (QED) is 0.725. The van der Waals surface area contributed by atoms with Gasteiger partial charge < -0.3 is 5.73 Å². The summed E-state index contributed by atoms with van der Waals surface area (Å²) >= 11 is 0. The minimum absolute atomic E-state index is 0.469. The molecule has 14 heavy (non-hydrogen) atoms. The molecule has 3 aliphatic rings. The minimum Gasteiger partial charge on any atom is -0.329 e. The zero-order chi connectivity index (χ0) is 9.60. The highest BCUT2D eigenvalue weighted by molar-refractivity contribution is 5.09. The average molecular weight is 194 g/mol. The van der Waals surface area contributed by atoms with Crippen LogP contribution in [0.5, 0.6) is 0 Å². The first-order valence-corrected chi connectivity index (χ1v) is 6.33. The van der Waals surface area contributed by atoms with Crippen molar-refractivity contribution in [2.24, 2.45) is 11.7 Å². The van der Waals surface area contributed by atoms with Gasteiger partial charge in [-0.2, -0.15) is 0 Å². The van der Waals surface area contributed by atoms with Crippen LogP contribution in [-0.2, 0) is 0 Å². The monoisotopic (exact) mass is 194 g/mol. The van der Waals surface area contributed by atoms with Gasteiger partial charge in [0.25, 0.3) is 0 Å². The van der Waals surface area contributed by atoms with Crippen LogP contribution in [-0.4, -0.2) is 29.6 Å². The lowest BCUT2D eigenvalue weighted by atomic mass is 9.85. The Labute approximate surface area is 86.8 Å². The van der Waals surface area contributed by atoms with Crippen molar-refractivity contribution in [3.8, 4) is 0 Å². The largest absolute Gasteiger partial charge is 0.329 e. The van der Waals surface area contributed by atoms with Crippen molar-refractivity contribution in [2.45, 2.75) is 56.5 Å². The Bertz CT molecular complexity index is 222. The molecule has 0 radical (unpaired) electrons. The maximum Gasteiger partial charge on any atom is 0.0336 e. The first-order valence-electron chi connectivity index (χ1n) is 6.33. The van der Waals surface area contributed by atoms with Crippen LogP contribution in [0.1, 0.15) is 44.9 Å². The fourth-order valence-electron chi connectivity index (χ4n) is 3.75. The Balaban J connectivity index is 1.75. The summed E-state index contributed by atoms with van der Waals surface area (Å²) < 4.78 is 0. The molecule has 2 saturated carbocycles. The summed E-state index contributed by atoms with van der Waals surface area (Å²) in [5.41, 5.74) is 6.40. The molecule has 3 fully saturated rings. The van der Waals surface area contributed by atoms with Gasteiger partial charge in [0.1, 0.15) is 0 Å².